The third kappa shape index (κ3) is 1.89. The van der Waals surface area contributed by atoms with E-state index < -0.39 is 0 Å². The van der Waals surface area contributed by atoms with E-state index in [0.717, 1.165) is 18.7 Å². The maximum atomic E-state index is 5.64. The molecule has 1 saturated carbocycles. The number of aryl methyl sites for hydroxylation is 1. The van der Waals surface area contributed by atoms with E-state index in [1.165, 1.54) is 12.8 Å². The fourth-order valence-corrected chi connectivity index (χ4v) is 2.00. The molecule has 1 fully saturated rings. The molecule has 1 aliphatic rings. The molecular formula is C10H19N5. The van der Waals surface area contributed by atoms with Crippen LogP contribution in [-0.2, 0) is 6.54 Å². The normalized spacial score (nSPS) is 20.2. The van der Waals surface area contributed by atoms with Gasteiger partial charge in [-0.2, -0.15) is 0 Å². The molecule has 5 nitrogen and oxygen atoms in total. The maximum Gasteiger partial charge on any atom is 0.0775 e. The molecule has 0 aliphatic heterocycles. The second-order valence-electron chi connectivity index (χ2n) is 4.64. The minimum atomic E-state index is 0.180. The number of hydrogen-bond acceptors (Lipinski definition) is 4. The summed E-state index contributed by atoms with van der Waals surface area (Å²) >= 11 is 0. The summed E-state index contributed by atoms with van der Waals surface area (Å²) in [6.07, 6.45) is 5.33. The van der Waals surface area contributed by atoms with Gasteiger partial charge in [0, 0.05) is 6.54 Å². The molecule has 0 aromatic carbocycles. The van der Waals surface area contributed by atoms with Crippen molar-refractivity contribution in [3.63, 3.8) is 0 Å². The van der Waals surface area contributed by atoms with Crippen LogP contribution in [0, 0.1) is 5.41 Å². The van der Waals surface area contributed by atoms with Crippen LogP contribution in [-0.4, -0.2) is 15.0 Å². The van der Waals surface area contributed by atoms with Crippen molar-refractivity contribution in [1.29, 1.82) is 0 Å². The Kier molecular flexibility index (Phi) is 2.75. The topological polar surface area (TPSA) is 68.8 Å². The Morgan fingerprint density at radius 1 is 1.67 bits per heavy atom. The third-order valence-corrected chi connectivity index (χ3v) is 3.28. The number of nitrogens with two attached hydrogens (primary N) is 1. The highest BCUT2D eigenvalue weighted by molar-refractivity contribution is 5.12. The van der Waals surface area contributed by atoms with Crippen molar-refractivity contribution in [2.24, 2.45) is 11.3 Å². The lowest BCUT2D eigenvalue weighted by Gasteiger charge is -2.22. The van der Waals surface area contributed by atoms with Crippen LogP contribution in [0.4, 0.5) is 0 Å². The number of rotatable bonds is 5. The molecule has 0 radical (unpaired) electrons. The van der Waals surface area contributed by atoms with E-state index in [1.54, 1.807) is 0 Å². The molecule has 0 spiro atoms. The quantitative estimate of drug-likeness (QED) is 0.560. The van der Waals surface area contributed by atoms with E-state index in [1.807, 2.05) is 10.9 Å². The zero-order chi connectivity index (χ0) is 10.9. The van der Waals surface area contributed by atoms with Crippen LogP contribution in [0.2, 0.25) is 0 Å². The Bertz CT molecular complexity index is 328. The van der Waals surface area contributed by atoms with Gasteiger partial charge in [-0.25, -0.2) is 4.68 Å². The van der Waals surface area contributed by atoms with Crippen molar-refractivity contribution in [3.8, 4) is 0 Å². The van der Waals surface area contributed by atoms with Gasteiger partial charge < -0.3 is 0 Å². The molecule has 1 aromatic rings. The largest absolute Gasteiger partial charge is 0.271 e. The first-order valence-electron chi connectivity index (χ1n) is 5.56. The van der Waals surface area contributed by atoms with Gasteiger partial charge in [-0.1, -0.05) is 19.1 Å². The Labute approximate surface area is 90.0 Å². The standard InChI is InChI=1S/C10H19N5/c1-3-6-15-8(7-12-14-15)9(13-11)10(2)4-5-10/h7,9,13H,3-6,11H2,1-2H3. The summed E-state index contributed by atoms with van der Waals surface area (Å²) in [5, 5.41) is 8.06. The summed E-state index contributed by atoms with van der Waals surface area (Å²) in [6.45, 7) is 5.29. The second-order valence-corrected chi connectivity index (χ2v) is 4.64. The molecule has 3 N–H and O–H groups in total. The Hall–Kier alpha value is -0.940. The molecule has 1 aliphatic carbocycles. The maximum absolute atomic E-state index is 5.64. The van der Waals surface area contributed by atoms with E-state index in [9.17, 15) is 0 Å². The van der Waals surface area contributed by atoms with Crippen molar-refractivity contribution < 1.29 is 0 Å². The van der Waals surface area contributed by atoms with E-state index in [-0.39, 0.29) is 6.04 Å². The molecular weight excluding hydrogens is 190 g/mol. The lowest BCUT2D eigenvalue weighted by molar-refractivity contribution is 0.346. The molecule has 15 heavy (non-hydrogen) atoms. The van der Waals surface area contributed by atoms with Crippen molar-refractivity contribution in [2.75, 3.05) is 0 Å². The molecule has 0 saturated heterocycles. The van der Waals surface area contributed by atoms with Crippen LogP contribution in [0.3, 0.4) is 0 Å². The van der Waals surface area contributed by atoms with Gasteiger partial charge in [-0.3, -0.25) is 11.3 Å². The van der Waals surface area contributed by atoms with Gasteiger partial charge in [0.2, 0.25) is 0 Å². The molecule has 1 unspecified atom stereocenters. The first-order chi connectivity index (χ1) is 7.21. The SMILES string of the molecule is CCCn1nncc1C(NN)C1(C)CC1. The first kappa shape index (κ1) is 10.6. The molecule has 0 amide bonds. The fraction of sp³-hybridized carbons (Fsp3) is 0.800. The lowest BCUT2D eigenvalue weighted by atomic mass is 9.97. The highest BCUT2D eigenvalue weighted by Gasteiger charge is 2.46. The molecule has 0 bridgehead atoms. The molecule has 2 rings (SSSR count). The summed E-state index contributed by atoms with van der Waals surface area (Å²) in [6, 6.07) is 0.180. The summed E-state index contributed by atoms with van der Waals surface area (Å²) in [7, 11) is 0. The number of aromatic nitrogens is 3. The van der Waals surface area contributed by atoms with E-state index in [4.69, 9.17) is 5.84 Å². The number of nitrogens with one attached hydrogen (secondary N) is 1. The van der Waals surface area contributed by atoms with Gasteiger partial charge in [0.15, 0.2) is 0 Å². The van der Waals surface area contributed by atoms with E-state index in [2.05, 4.69) is 29.6 Å². The van der Waals surface area contributed by atoms with Crippen LogP contribution in [0.1, 0.15) is 44.8 Å². The highest BCUT2D eigenvalue weighted by Crippen LogP contribution is 2.53. The van der Waals surface area contributed by atoms with Crippen LogP contribution >= 0.6 is 0 Å². The van der Waals surface area contributed by atoms with Gasteiger partial charge in [0.25, 0.3) is 0 Å². The van der Waals surface area contributed by atoms with Gasteiger partial charge >= 0.3 is 0 Å². The lowest BCUT2D eigenvalue weighted by Crippen LogP contribution is -2.35. The first-order valence-corrected chi connectivity index (χ1v) is 5.56. The fourth-order valence-electron chi connectivity index (χ4n) is 2.00. The minimum absolute atomic E-state index is 0.180. The van der Waals surface area contributed by atoms with Crippen molar-refractivity contribution >= 4 is 0 Å². The monoisotopic (exact) mass is 209 g/mol. The molecule has 1 aromatic heterocycles. The smallest absolute Gasteiger partial charge is 0.0775 e. The van der Waals surface area contributed by atoms with E-state index >= 15 is 0 Å². The van der Waals surface area contributed by atoms with Gasteiger partial charge in [0.05, 0.1) is 17.9 Å². The Morgan fingerprint density at radius 2 is 2.40 bits per heavy atom. The van der Waals surface area contributed by atoms with Crippen LogP contribution in [0.15, 0.2) is 6.20 Å². The molecule has 84 valence electrons. The summed E-state index contributed by atoms with van der Waals surface area (Å²) in [5.41, 5.74) is 4.31. The van der Waals surface area contributed by atoms with Crippen molar-refractivity contribution in [2.45, 2.75) is 45.7 Å². The van der Waals surface area contributed by atoms with E-state index in [0.29, 0.717) is 5.41 Å². The van der Waals surface area contributed by atoms with Gasteiger partial charge in [0.1, 0.15) is 0 Å². The van der Waals surface area contributed by atoms with Gasteiger partial charge in [-0.15, -0.1) is 5.10 Å². The summed E-state index contributed by atoms with van der Waals surface area (Å²) in [5.74, 6) is 5.64. The van der Waals surface area contributed by atoms with Crippen molar-refractivity contribution in [3.05, 3.63) is 11.9 Å². The second kappa shape index (κ2) is 3.90. The highest BCUT2D eigenvalue weighted by atomic mass is 15.4. The Balaban J connectivity index is 2.22. The number of hydrogen-bond donors (Lipinski definition) is 2. The molecule has 1 atom stereocenters. The van der Waals surface area contributed by atoms with Crippen LogP contribution in [0.25, 0.3) is 0 Å². The minimum Gasteiger partial charge on any atom is -0.271 e. The predicted molar refractivity (Wildman–Crippen MR) is 57.7 cm³/mol. The average molecular weight is 209 g/mol. The van der Waals surface area contributed by atoms with Gasteiger partial charge in [-0.05, 0) is 24.7 Å². The molecule has 5 heteroatoms. The predicted octanol–water partition coefficient (Wildman–Crippen LogP) is 0.993. The average Bonchev–Trinajstić information content (AvgIpc) is 2.78. The van der Waals surface area contributed by atoms with Crippen molar-refractivity contribution in [1.82, 2.24) is 20.4 Å². The third-order valence-electron chi connectivity index (χ3n) is 3.28. The van der Waals surface area contributed by atoms with Crippen LogP contribution < -0.4 is 11.3 Å². The Morgan fingerprint density at radius 3 is 2.93 bits per heavy atom. The summed E-state index contributed by atoms with van der Waals surface area (Å²) < 4.78 is 1.95. The molecule has 1 heterocycles. The summed E-state index contributed by atoms with van der Waals surface area (Å²) in [4.78, 5) is 0. The number of nitrogens with zero attached hydrogens (tertiary/aromatic N) is 3. The van der Waals surface area contributed by atoms with Crippen LogP contribution in [0.5, 0.6) is 0 Å². The number of hydrazine groups is 1. The zero-order valence-corrected chi connectivity index (χ0v) is 9.40. The zero-order valence-electron chi connectivity index (χ0n) is 9.40.